The first-order valence-corrected chi connectivity index (χ1v) is 11.8. The molecule has 2 aromatic carbocycles. The van der Waals surface area contributed by atoms with Crippen LogP contribution in [0.15, 0.2) is 79.1 Å². The first-order valence-electron chi connectivity index (χ1n) is 11.8. The standard InChI is InChI=1S/C28H27N5O2/c29-18-22-8-10-23(11-9-22)19-31-12-4-14-32(16-15-31)28(34)24-5-3-6-26(17-24)35-21-25-20-33-13-2-1-7-27(33)30-25/h1-3,5-11,13,17,20H,4,12,14-16,19,21H2. The van der Waals surface area contributed by atoms with Crippen molar-refractivity contribution in [1.29, 1.82) is 5.26 Å². The summed E-state index contributed by atoms with van der Waals surface area (Å²) >= 11 is 0. The van der Waals surface area contributed by atoms with Crippen LogP contribution in [-0.4, -0.2) is 51.3 Å². The van der Waals surface area contributed by atoms with E-state index >= 15 is 0 Å². The molecule has 0 atom stereocenters. The van der Waals surface area contributed by atoms with Gasteiger partial charge in [-0.1, -0.05) is 24.3 Å². The molecule has 4 aromatic rings. The molecule has 35 heavy (non-hydrogen) atoms. The minimum Gasteiger partial charge on any atom is -0.487 e. The van der Waals surface area contributed by atoms with Crippen molar-refractivity contribution in [3.63, 3.8) is 0 Å². The lowest BCUT2D eigenvalue weighted by atomic mass is 10.1. The van der Waals surface area contributed by atoms with E-state index in [9.17, 15) is 4.79 Å². The molecule has 3 heterocycles. The first kappa shape index (κ1) is 22.6. The molecule has 0 N–H and O–H groups in total. The van der Waals surface area contributed by atoms with E-state index < -0.39 is 0 Å². The second-order valence-corrected chi connectivity index (χ2v) is 8.75. The van der Waals surface area contributed by atoms with E-state index in [0.717, 1.165) is 43.9 Å². The van der Waals surface area contributed by atoms with E-state index in [2.05, 4.69) is 16.0 Å². The van der Waals surface area contributed by atoms with Crippen molar-refractivity contribution >= 4 is 11.6 Å². The molecular weight excluding hydrogens is 438 g/mol. The Balaban J connectivity index is 1.18. The second kappa shape index (κ2) is 10.4. The van der Waals surface area contributed by atoms with Gasteiger partial charge in [0, 0.05) is 50.7 Å². The van der Waals surface area contributed by atoms with Crippen molar-refractivity contribution in [3.05, 3.63) is 102 Å². The third-order valence-corrected chi connectivity index (χ3v) is 6.25. The SMILES string of the molecule is N#Cc1ccc(CN2CCCN(C(=O)c3cccc(OCc4cn5ccccc5n4)c3)CC2)cc1. The lowest BCUT2D eigenvalue weighted by Gasteiger charge is -2.22. The molecule has 1 fully saturated rings. The molecule has 5 rings (SSSR count). The Labute approximate surface area is 204 Å². The largest absolute Gasteiger partial charge is 0.487 e. The van der Waals surface area contributed by atoms with Crippen LogP contribution in [0, 0.1) is 11.3 Å². The molecule has 1 saturated heterocycles. The number of fused-ring (bicyclic) bond motifs is 1. The van der Waals surface area contributed by atoms with Crippen LogP contribution in [0.25, 0.3) is 5.65 Å². The molecule has 2 aromatic heterocycles. The van der Waals surface area contributed by atoms with Crippen molar-refractivity contribution in [2.45, 2.75) is 19.6 Å². The Morgan fingerprint density at radius 2 is 1.89 bits per heavy atom. The maximum Gasteiger partial charge on any atom is 0.254 e. The van der Waals surface area contributed by atoms with Gasteiger partial charge in [0.25, 0.3) is 5.91 Å². The molecular formula is C28H27N5O2. The lowest BCUT2D eigenvalue weighted by molar-refractivity contribution is 0.0760. The van der Waals surface area contributed by atoms with Crippen LogP contribution >= 0.6 is 0 Å². The Hall–Kier alpha value is -4.15. The number of hydrogen-bond donors (Lipinski definition) is 0. The number of pyridine rings is 1. The van der Waals surface area contributed by atoms with Crippen molar-refractivity contribution in [1.82, 2.24) is 19.2 Å². The minimum atomic E-state index is 0.0309. The second-order valence-electron chi connectivity index (χ2n) is 8.75. The molecule has 0 saturated carbocycles. The van der Waals surface area contributed by atoms with Gasteiger partial charge in [-0.3, -0.25) is 9.69 Å². The Morgan fingerprint density at radius 1 is 1.00 bits per heavy atom. The number of ether oxygens (including phenoxy) is 1. The molecule has 0 radical (unpaired) electrons. The maximum atomic E-state index is 13.2. The summed E-state index contributed by atoms with van der Waals surface area (Å²) in [6.45, 7) is 4.33. The van der Waals surface area contributed by atoms with Gasteiger partial charge in [-0.25, -0.2) is 4.98 Å². The number of aromatic nitrogens is 2. The minimum absolute atomic E-state index is 0.0309. The van der Waals surface area contributed by atoms with Gasteiger partial charge in [-0.2, -0.15) is 5.26 Å². The van der Waals surface area contributed by atoms with E-state index in [1.165, 1.54) is 5.56 Å². The van der Waals surface area contributed by atoms with E-state index in [-0.39, 0.29) is 5.91 Å². The average Bonchev–Trinajstić information content (AvgIpc) is 3.18. The predicted molar refractivity (Wildman–Crippen MR) is 133 cm³/mol. The van der Waals surface area contributed by atoms with Crippen molar-refractivity contribution in [2.75, 3.05) is 26.2 Å². The number of rotatable bonds is 6. The van der Waals surface area contributed by atoms with Crippen LogP contribution in [0.4, 0.5) is 0 Å². The lowest BCUT2D eigenvalue weighted by Crippen LogP contribution is -2.35. The van der Waals surface area contributed by atoms with Gasteiger partial charge in [-0.05, 0) is 54.4 Å². The molecule has 176 valence electrons. The zero-order chi connectivity index (χ0) is 24.0. The quantitative estimate of drug-likeness (QED) is 0.428. The van der Waals surface area contributed by atoms with Crippen molar-refractivity contribution in [2.24, 2.45) is 0 Å². The normalized spacial score (nSPS) is 14.4. The number of carbonyl (C=O) groups excluding carboxylic acids is 1. The van der Waals surface area contributed by atoms with Crippen molar-refractivity contribution in [3.8, 4) is 11.8 Å². The van der Waals surface area contributed by atoms with E-state index in [4.69, 9.17) is 10.00 Å². The summed E-state index contributed by atoms with van der Waals surface area (Å²) < 4.78 is 7.91. The highest BCUT2D eigenvalue weighted by Gasteiger charge is 2.21. The zero-order valence-corrected chi connectivity index (χ0v) is 19.5. The third kappa shape index (κ3) is 5.51. The number of carbonyl (C=O) groups is 1. The fourth-order valence-electron chi connectivity index (χ4n) is 4.39. The van der Waals surface area contributed by atoms with Gasteiger partial charge in [0.15, 0.2) is 0 Å². The van der Waals surface area contributed by atoms with Gasteiger partial charge < -0.3 is 14.0 Å². The number of nitriles is 1. The highest BCUT2D eigenvalue weighted by Crippen LogP contribution is 2.18. The van der Waals surface area contributed by atoms with Gasteiger partial charge in [0.05, 0.1) is 17.3 Å². The highest BCUT2D eigenvalue weighted by atomic mass is 16.5. The third-order valence-electron chi connectivity index (χ3n) is 6.25. The number of benzene rings is 2. The topological polar surface area (TPSA) is 73.9 Å². The molecule has 7 heteroatoms. The summed E-state index contributed by atoms with van der Waals surface area (Å²) in [5, 5.41) is 8.98. The predicted octanol–water partition coefficient (Wildman–Crippen LogP) is 4.13. The number of hydrogen-bond acceptors (Lipinski definition) is 5. The Kier molecular flexibility index (Phi) is 6.73. The molecule has 1 aliphatic rings. The Morgan fingerprint density at radius 3 is 2.71 bits per heavy atom. The number of nitrogens with zero attached hydrogens (tertiary/aromatic N) is 5. The smallest absolute Gasteiger partial charge is 0.254 e. The molecule has 0 unspecified atom stereocenters. The van der Waals surface area contributed by atoms with Gasteiger partial charge in [0.2, 0.25) is 0 Å². The summed E-state index contributed by atoms with van der Waals surface area (Å²) in [6.07, 6.45) is 4.83. The fourth-order valence-corrected chi connectivity index (χ4v) is 4.39. The van der Waals surface area contributed by atoms with Crippen molar-refractivity contribution < 1.29 is 9.53 Å². The summed E-state index contributed by atoms with van der Waals surface area (Å²) in [5.41, 5.74) is 4.20. The summed E-state index contributed by atoms with van der Waals surface area (Å²) in [7, 11) is 0. The van der Waals surface area contributed by atoms with Crippen LogP contribution in [0.1, 0.15) is 33.6 Å². The van der Waals surface area contributed by atoms with Crippen LogP contribution in [0.5, 0.6) is 5.75 Å². The maximum absolute atomic E-state index is 13.2. The van der Waals surface area contributed by atoms with E-state index in [1.54, 1.807) is 0 Å². The average molecular weight is 466 g/mol. The molecule has 0 spiro atoms. The first-order chi connectivity index (χ1) is 17.2. The van der Waals surface area contributed by atoms with E-state index in [1.807, 2.05) is 88.4 Å². The Bertz CT molecular complexity index is 1320. The van der Waals surface area contributed by atoms with E-state index in [0.29, 0.717) is 30.0 Å². The van der Waals surface area contributed by atoms with Gasteiger partial charge in [0.1, 0.15) is 18.0 Å². The van der Waals surface area contributed by atoms with Gasteiger partial charge in [-0.15, -0.1) is 0 Å². The monoisotopic (exact) mass is 465 g/mol. The number of amides is 1. The van der Waals surface area contributed by atoms with Crippen LogP contribution in [0.3, 0.4) is 0 Å². The van der Waals surface area contributed by atoms with Crippen LogP contribution in [-0.2, 0) is 13.2 Å². The zero-order valence-electron chi connectivity index (χ0n) is 19.5. The molecule has 0 aliphatic carbocycles. The summed E-state index contributed by atoms with van der Waals surface area (Å²) in [4.78, 5) is 22.1. The summed E-state index contributed by atoms with van der Waals surface area (Å²) in [6, 6.07) is 23.1. The summed E-state index contributed by atoms with van der Waals surface area (Å²) in [5.74, 6) is 0.688. The number of imidazole rings is 1. The molecule has 7 nitrogen and oxygen atoms in total. The fraction of sp³-hybridized carbons (Fsp3) is 0.250. The van der Waals surface area contributed by atoms with Crippen LogP contribution in [0.2, 0.25) is 0 Å². The molecule has 1 amide bonds. The molecule has 0 bridgehead atoms. The van der Waals surface area contributed by atoms with Crippen LogP contribution < -0.4 is 4.74 Å². The van der Waals surface area contributed by atoms with Gasteiger partial charge >= 0.3 is 0 Å². The highest BCUT2D eigenvalue weighted by molar-refractivity contribution is 5.94. The molecule has 1 aliphatic heterocycles.